The van der Waals surface area contributed by atoms with E-state index in [1.54, 1.807) is 24.3 Å². The zero-order valence-corrected chi connectivity index (χ0v) is 11.2. The molecular weight excluding hydrogens is 240 g/mol. The molecule has 0 spiro atoms. The summed E-state index contributed by atoms with van der Waals surface area (Å²) in [5.74, 6) is 0.302. The molecule has 1 aromatic rings. The van der Waals surface area contributed by atoms with E-state index >= 15 is 0 Å². The predicted molar refractivity (Wildman–Crippen MR) is 73.4 cm³/mol. The van der Waals surface area contributed by atoms with Crippen molar-refractivity contribution in [1.29, 1.82) is 5.26 Å². The van der Waals surface area contributed by atoms with E-state index in [0.29, 0.717) is 30.9 Å². The molecule has 0 aliphatic heterocycles. The first-order valence-electron chi connectivity index (χ1n) is 6.56. The summed E-state index contributed by atoms with van der Waals surface area (Å²) in [6.45, 7) is 2.81. The lowest BCUT2D eigenvalue weighted by Crippen LogP contribution is -2.30. The summed E-state index contributed by atoms with van der Waals surface area (Å²) >= 11 is 0. The number of nitrogens with one attached hydrogen (secondary N) is 1. The van der Waals surface area contributed by atoms with E-state index in [0.717, 1.165) is 12.0 Å². The van der Waals surface area contributed by atoms with Gasteiger partial charge in [-0.3, -0.25) is 4.79 Å². The number of carbonyl (C=O) groups is 1. The van der Waals surface area contributed by atoms with Crippen molar-refractivity contribution in [2.24, 2.45) is 5.92 Å². The molecule has 4 nitrogen and oxygen atoms in total. The molecule has 0 radical (unpaired) electrons. The van der Waals surface area contributed by atoms with Gasteiger partial charge < -0.3 is 10.4 Å². The minimum absolute atomic E-state index is 0.0268. The fourth-order valence-corrected chi connectivity index (χ4v) is 1.84. The van der Waals surface area contributed by atoms with Gasteiger partial charge in [-0.05, 0) is 30.0 Å². The maximum atomic E-state index is 11.8. The number of amides is 1. The van der Waals surface area contributed by atoms with Crippen molar-refractivity contribution in [3.8, 4) is 6.07 Å². The van der Waals surface area contributed by atoms with Crippen LogP contribution in [0.2, 0.25) is 0 Å². The second-order valence-electron chi connectivity index (χ2n) is 4.58. The van der Waals surface area contributed by atoms with Crippen molar-refractivity contribution >= 4 is 5.91 Å². The number of hydrogen-bond acceptors (Lipinski definition) is 3. The highest BCUT2D eigenvalue weighted by Gasteiger charge is 2.08. The number of hydrogen-bond donors (Lipinski definition) is 2. The van der Waals surface area contributed by atoms with Crippen LogP contribution in [0.3, 0.4) is 0 Å². The quantitative estimate of drug-likeness (QED) is 0.782. The molecule has 102 valence electrons. The van der Waals surface area contributed by atoms with Gasteiger partial charge in [0, 0.05) is 13.2 Å². The van der Waals surface area contributed by atoms with Crippen molar-refractivity contribution in [1.82, 2.24) is 5.32 Å². The summed E-state index contributed by atoms with van der Waals surface area (Å²) in [7, 11) is 0. The van der Waals surface area contributed by atoms with E-state index in [9.17, 15) is 4.79 Å². The van der Waals surface area contributed by atoms with Crippen LogP contribution in [0.25, 0.3) is 0 Å². The third kappa shape index (κ3) is 5.54. The summed E-state index contributed by atoms with van der Waals surface area (Å²) in [4.78, 5) is 11.8. The molecule has 0 bridgehead atoms. The third-order valence-electron chi connectivity index (χ3n) is 3.15. The Kier molecular flexibility index (Phi) is 6.62. The van der Waals surface area contributed by atoms with Gasteiger partial charge in [-0.15, -0.1) is 0 Å². The fourth-order valence-electron chi connectivity index (χ4n) is 1.84. The van der Waals surface area contributed by atoms with Crippen LogP contribution in [0.5, 0.6) is 0 Å². The van der Waals surface area contributed by atoms with E-state index in [1.165, 1.54) is 0 Å². The van der Waals surface area contributed by atoms with E-state index in [-0.39, 0.29) is 12.5 Å². The van der Waals surface area contributed by atoms with E-state index < -0.39 is 0 Å². The molecule has 0 saturated carbocycles. The molecule has 1 atom stereocenters. The molecule has 0 aliphatic carbocycles. The summed E-state index contributed by atoms with van der Waals surface area (Å²) in [5, 5.41) is 20.4. The van der Waals surface area contributed by atoms with Crippen LogP contribution in [0.1, 0.15) is 30.9 Å². The van der Waals surface area contributed by atoms with Crippen LogP contribution in [-0.4, -0.2) is 24.2 Å². The van der Waals surface area contributed by atoms with Gasteiger partial charge in [0.15, 0.2) is 0 Å². The second-order valence-corrected chi connectivity index (χ2v) is 4.58. The number of nitriles is 1. The summed E-state index contributed by atoms with van der Waals surface area (Å²) in [6, 6.07) is 9.06. The Morgan fingerprint density at radius 2 is 2.11 bits per heavy atom. The number of aliphatic hydroxyl groups excluding tert-OH is 1. The lowest BCUT2D eigenvalue weighted by molar-refractivity contribution is -0.120. The Hall–Kier alpha value is -1.86. The fraction of sp³-hybridized carbons (Fsp3) is 0.467. The zero-order chi connectivity index (χ0) is 14.1. The van der Waals surface area contributed by atoms with Crippen LogP contribution < -0.4 is 5.32 Å². The maximum Gasteiger partial charge on any atom is 0.224 e. The van der Waals surface area contributed by atoms with Gasteiger partial charge in [0.2, 0.25) is 5.91 Å². The normalized spacial score (nSPS) is 11.6. The molecule has 1 aromatic carbocycles. The SMILES string of the molecule is CCC(CCO)CNC(=O)Cc1ccc(C#N)cc1. The molecule has 19 heavy (non-hydrogen) atoms. The average molecular weight is 260 g/mol. The zero-order valence-electron chi connectivity index (χ0n) is 11.2. The molecule has 1 unspecified atom stereocenters. The van der Waals surface area contributed by atoms with Crippen molar-refractivity contribution in [2.75, 3.05) is 13.2 Å². The van der Waals surface area contributed by atoms with Gasteiger partial charge in [0.1, 0.15) is 0 Å². The smallest absolute Gasteiger partial charge is 0.224 e. The predicted octanol–water partition coefficient (Wildman–Crippen LogP) is 1.63. The molecule has 0 aliphatic rings. The molecule has 0 aromatic heterocycles. The number of aliphatic hydroxyl groups is 1. The topological polar surface area (TPSA) is 73.1 Å². The van der Waals surface area contributed by atoms with Gasteiger partial charge in [-0.1, -0.05) is 25.5 Å². The average Bonchev–Trinajstić information content (AvgIpc) is 2.44. The second kappa shape index (κ2) is 8.28. The Balaban J connectivity index is 2.40. The largest absolute Gasteiger partial charge is 0.396 e. The van der Waals surface area contributed by atoms with Gasteiger partial charge in [-0.2, -0.15) is 5.26 Å². The lowest BCUT2D eigenvalue weighted by atomic mass is 10.0. The first kappa shape index (κ1) is 15.2. The maximum absolute atomic E-state index is 11.8. The van der Waals surface area contributed by atoms with Crippen molar-refractivity contribution in [3.05, 3.63) is 35.4 Å². The molecule has 1 rings (SSSR count). The number of benzene rings is 1. The Bertz CT molecular complexity index is 434. The first-order valence-corrected chi connectivity index (χ1v) is 6.56. The summed E-state index contributed by atoms with van der Waals surface area (Å²) in [6.07, 6.45) is 1.98. The van der Waals surface area contributed by atoms with E-state index in [2.05, 4.69) is 5.32 Å². The number of rotatable bonds is 7. The van der Waals surface area contributed by atoms with E-state index in [4.69, 9.17) is 10.4 Å². The third-order valence-corrected chi connectivity index (χ3v) is 3.15. The highest BCUT2D eigenvalue weighted by atomic mass is 16.3. The highest BCUT2D eigenvalue weighted by molar-refractivity contribution is 5.78. The van der Waals surface area contributed by atoms with E-state index in [1.807, 2.05) is 13.0 Å². The molecular formula is C15H20N2O2. The lowest BCUT2D eigenvalue weighted by Gasteiger charge is -2.14. The molecule has 0 fully saturated rings. The Morgan fingerprint density at radius 3 is 2.63 bits per heavy atom. The summed E-state index contributed by atoms with van der Waals surface area (Å²) in [5.41, 5.74) is 1.49. The van der Waals surface area contributed by atoms with Crippen LogP contribution >= 0.6 is 0 Å². The Morgan fingerprint density at radius 1 is 1.42 bits per heavy atom. The monoisotopic (exact) mass is 260 g/mol. The van der Waals surface area contributed by atoms with Gasteiger partial charge >= 0.3 is 0 Å². The Labute approximate surface area is 114 Å². The molecule has 0 saturated heterocycles. The van der Waals surface area contributed by atoms with Crippen LogP contribution in [0.4, 0.5) is 0 Å². The standard InChI is InChI=1S/C15H20N2O2/c1-2-12(7-8-18)11-17-15(19)9-13-3-5-14(10-16)6-4-13/h3-6,12,18H,2,7-9,11H2,1H3,(H,17,19). The van der Waals surface area contributed by atoms with Gasteiger partial charge in [-0.25, -0.2) is 0 Å². The first-order chi connectivity index (χ1) is 9.19. The summed E-state index contributed by atoms with van der Waals surface area (Å²) < 4.78 is 0. The van der Waals surface area contributed by atoms with Crippen LogP contribution in [-0.2, 0) is 11.2 Å². The highest BCUT2D eigenvalue weighted by Crippen LogP contribution is 2.07. The van der Waals surface area contributed by atoms with Crippen molar-refractivity contribution in [2.45, 2.75) is 26.2 Å². The van der Waals surface area contributed by atoms with Crippen LogP contribution in [0, 0.1) is 17.2 Å². The minimum Gasteiger partial charge on any atom is -0.396 e. The van der Waals surface area contributed by atoms with Crippen molar-refractivity contribution in [3.63, 3.8) is 0 Å². The minimum atomic E-state index is -0.0268. The molecule has 2 N–H and O–H groups in total. The molecule has 4 heteroatoms. The van der Waals surface area contributed by atoms with Crippen molar-refractivity contribution < 1.29 is 9.90 Å². The van der Waals surface area contributed by atoms with Gasteiger partial charge in [0.05, 0.1) is 18.1 Å². The number of nitrogens with zero attached hydrogens (tertiary/aromatic N) is 1. The van der Waals surface area contributed by atoms with Gasteiger partial charge in [0.25, 0.3) is 0 Å². The number of carbonyl (C=O) groups excluding carboxylic acids is 1. The van der Waals surface area contributed by atoms with Crippen LogP contribution in [0.15, 0.2) is 24.3 Å². The molecule has 1 amide bonds. The molecule has 0 heterocycles.